The van der Waals surface area contributed by atoms with Gasteiger partial charge in [-0.05, 0) is 19.8 Å². The zero-order chi connectivity index (χ0) is 10.3. The van der Waals surface area contributed by atoms with Gasteiger partial charge in [0.25, 0.3) is 0 Å². The lowest BCUT2D eigenvalue weighted by Gasteiger charge is -2.09. The highest BCUT2D eigenvalue weighted by molar-refractivity contribution is 7.51. The predicted octanol–water partition coefficient (Wildman–Crippen LogP) is 1.18. The number of esters is 1. The second kappa shape index (κ2) is 6.98. The van der Waals surface area contributed by atoms with E-state index in [0.29, 0.717) is 12.8 Å². The van der Waals surface area contributed by atoms with Gasteiger partial charge in [-0.3, -0.25) is 4.79 Å². The topological polar surface area (TPSA) is 52.6 Å². The molecule has 0 radical (unpaired) electrons. The van der Waals surface area contributed by atoms with Gasteiger partial charge in [-0.2, -0.15) is 0 Å². The molecule has 13 heavy (non-hydrogen) atoms. The highest BCUT2D eigenvalue weighted by Crippen LogP contribution is 2.32. The minimum absolute atomic E-state index is 0.217. The van der Waals surface area contributed by atoms with E-state index in [1.165, 1.54) is 7.11 Å². The van der Waals surface area contributed by atoms with Crippen LogP contribution in [0.5, 0.6) is 0 Å². The maximum absolute atomic E-state index is 11.0. The summed E-state index contributed by atoms with van der Waals surface area (Å²) in [7, 11) is 0.634. The Hall–Kier alpha value is -0.470. The Morgan fingerprint density at radius 1 is 1.38 bits per heavy atom. The first kappa shape index (κ1) is 12.5. The van der Waals surface area contributed by atoms with Gasteiger partial charge in [0.1, 0.15) is 0 Å². The van der Waals surface area contributed by atoms with Crippen molar-refractivity contribution in [3.63, 3.8) is 0 Å². The van der Waals surface area contributed by atoms with Crippen molar-refractivity contribution in [3.05, 3.63) is 0 Å². The molecular formula is C8H15O4P. The normalized spacial score (nSPS) is 12.2. The fraction of sp³-hybridized carbons (Fsp3) is 0.750. The van der Waals surface area contributed by atoms with Crippen molar-refractivity contribution < 1.29 is 18.8 Å². The first-order valence-electron chi connectivity index (χ1n) is 4.07. The van der Waals surface area contributed by atoms with Crippen LogP contribution in [0.1, 0.15) is 13.3 Å². The second-order valence-corrected chi connectivity index (χ2v) is 4.40. The molecule has 0 aliphatic heterocycles. The smallest absolute Gasteiger partial charge is 0.374 e. The van der Waals surface area contributed by atoms with Gasteiger partial charge in [0, 0.05) is 21.2 Å². The van der Waals surface area contributed by atoms with Gasteiger partial charge in [0.2, 0.25) is 5.78 Å². The zero-order valence-corrected chi connectivity index (χ0v) is 9.10. The van der Waals surface area contributed by atoms with Crippen LogP contribution < -0.4 is 0 Å². The highest BCUT2D eigenvalue weighted by Gasteiger charge is 2.14. The summed E-state index contributed by atoms with van der Waals surface area (Å²) in [5, 5.41) is 0. The molecule has 0 aliphatic carbocycles. The molecule has 0 aromatic carbocycles. The van der Waals surface area contributed by atoms with E-state index in [2.05, 4.69) is 4.74 Å². The molecule has 4 nitrogen and oxygen atoms in total. The maximum Gasteiger partial charge on any atom is 0.374 e. The molecule has 76 valence electrons. The van der Waals surface area contributed by atoms with Crippen LogP contribution in [-0.2, 0) is 18.8 Å². The minimum atomic E-state index is -0.764. The number of rotatable bonds is 6. The van der Waals surface area contributed by atoms with Crippen LogP contribution in [-0.4, -0.2) is 38.3 Å². The molecule has 0 rings (SSSR count). The van der Waals surface area contributed by atoms with Gasteiger partial charge < -0.3 is 9.26 Å². The van der Waals surface area contributed by atoms with Crippen LogP contribution in [0.4, 0.5) is 0 Å². The lowest BCUT2D eigenvalue weighted by Crippen LogP contribution is -2.16. The van der Waals surface area contributed by atoms with E-state index >= 15 is 0 Å². The molecule has 0 heterocycles. The van der Waals surface area contributed by atoms with Crippen LogP contribution in [0.15, 0.2) is 0 Å². The summed E-state index contributed by atoms with van der Waals surface area (Å²) in [4.78, 5) is 21.6. The van der Waals surface area contributed by atoms with Crippen LogP contribution in [0.3, 0.4) is 0 Å². The summed E-state index contributed by atoms with van der Waals surface area (Å²) >= 11 is 0. The first-order chi connectivity index (χ1) is 6.11. The number of carbonyl (C=O) groups excluding carboxylic acids is 2. The summed E-state index contributed by atoms with van der Waals surface area (Å²) in [5.41, 5.74) is 0. The number of methoxy groups -OCH3 is 1. The SMILES string of the molecule is CCOP(C)CCC(=O)C(=O)OC. The van der Waals surface area contributed by atoms with E-state index in [9.17, 15) is 9.59 Å². The Kier molecular flexibility index (Phi) is 6.73. The second-order valence-electron chi connectivity index (χ2n) is 2.43. The zero-order valence-electron chi connectivity index (χ0n) is 8.20. The lowest BCUT2D eigenvalue weighted by molar-refractivity contribution is -0.151. The number of ketones is 1. The van der Waals surface area contributed by atoms with Gasteiger partial charge in [0.15, 0.2) is 0 Å². The Balaban J connectivity index is 3.63. The molecule has 1 unspecified atom stereocenters. The number of hydrogen-bond acceptors (Lipinski definition) is 4. The van der Waals surface area contributed by atoms with E-state index in [4.69, 9.17) is 4.52 Å². The molecule has 0 fully saturated rings. The largest absolute Gasteiger partial charge is 0.463 e. The minimum Gasteiger partial charge on any atom is -0.463 e. The monoisotopic (exact) mass is 206 g/mol. The quantitative estimate of drug-likeness (QED) is 0.372. The molecule has 1 atom stereocenters. The lowest BCUT2D eigenvalue weighted by atomic mass is 10.3. The number of Topliss-reactive ketones (excluding diaryl/α,β-unsaturated/α-hetero) is 1. The van der Waals surface area contributed by atoms with Crippen LogP contribution in [0.25, 0.3) is 0 Å². The van der Waals surface area contributed by atoms with E-state index in [-0.39, 0.29) is 6.42 Å². The van der Waals surface area contributed by atoms with Crippen LogP contribution >= 0.6 is 8.15 Å². The molecule has 0 saturated heterocycles. The number of ether oxygens (including phenoxy) is 1. The van der Waals surface area contributed by atoms with Gasteiger partial charge in [0.05, 0.1) is 7.11 Å². The van der Waals surface area contributed by atoms with Crippen molar-refractivity contribution in [2.45, 2.75) is 13.3 Å². The average molecular weight is 206 g/mol. The summed E-state index contributed by atoms with van der Waals surface area (Å²) in [6.07, 6.45) is 0.839. The molecule has 0 N–H and O–H groups in total. The van der Waals surface area contributed by atoms with Crippen molar-refractivity contribution in [1.29, 1.82) is 0 Å². The van der Waals surface area contributed by atoms with Crippen molar-refractivity contribution in [3.8, 4) is 0 Å². The van der Waals surface area contributed by atoms with Crippen molar-refractivity contribution in [2.24, 2.45) is 0 Å². The third-order valence-corrected chi connectivity index (χ3v) is 2.97. The standard InChI is InChI=1S/C8H15O4P/c1-4-12-13(3)6-5-7(9)8(10)11-2/h4-6H2,1-3H3. The first-order valence-corrected chi connectivity index (χ1v) is 5.96. The Morgan fingerprint density at radius 2 is 2.00 bits per heavy atom. The van der Waals surface area contributed by atoms with Gasteiger partial charge in [-0.15, -0.1) is 0 Å². The molecule has 0 spiro atoms. The van der Waals surface area contributed by atoms with Crippen molar-refractivity contribution in [2.75, 3.05) is 26.5 Å². The summed E-state index contributed by atoms with van der Waals surface area (Å²) in [6, 6.07) is 0. The van der Waals surface area contributed by atoms with E-state index in [1.807, 2.05) is 13.6 Å². The molecular weight excluding hydrogens is 191 g/mol. The molecule has 5 heteroatoms. The molecule has 0 amide bonds. The fourth-order valence-corrected chi connectivity index (χ4v) is 1.85. The summed E-state index contributed by atoms with van der Waals surface area (Å²) in [6.45, 7) is 4.49. The van der Waals surface area contributed by atoms with E-state index < -0.39 is 19.9 Å². The van der Waals surface area contributed by atoms with Crippen molar-refractivity contribution in [1.82, 2.24) is 0 Å². The van der Waals surface area contributed by atoms with Gasteiger partial charge in [-0.1, -0.05) is 0 Å². The molecule has 0 aromatic rings. The average Bonchev–Trinajstić information content (AvgIpc) is 2.13. The molecule has 0 bridgehead atoms. The van der Waals surface area contributed by atoms with Crippen LogP contribution in [0.2, 0.25) is 0 Å². The summed E-state index contributed by atoms with van der Waals surface area (Å²) in [5.74, 6) is -1.24. The van der Waals surface area contributed by atoms with Gasteiger partial charge in [-0.25, -0.2) is 4.79 Å². The Morgan fingerprint density at radius 3 is 2.46 bits per heavy atom. The third kappa shape index (κ3) is 5.72. The summed E-state index contributed by atoms with van der Waals surface area (Å²) < 4.78 is 9.55. The third-order valence-electron chi connectivity index (χ3n) is 1.42. The van der Waals surface area contributed by atoms with Crippen LogP contribution in [0, 0.1) is 0 Å². The van der Waals surface area contributed by atoms with E-state index in [0.717, 1.165) is 0 Å². The van der Waals surface area contributed by atoms with E-state index in [1.54, 1.807) is 0 Å². The Bertz CT molecular complexity index is 181. The van der Waals surface area contributed by atoms with Gasteiger partial charge >= 0.3 is 5.97 Å². The molecule has 0 aliphatic rings. The Labute approximate surface area is 79.4 Å². The fourth-order valence-electron chi connectivity index (χ4n) is 0.760. The number of hydrogen-bond donors (Lipinski definition) is 0. The number of carbonyl (C=O) groups is 2. The molecule has 0 aromatic heterocycles. The molecule has 0 saturated carbocycles. The van der Waals surface area contributed by atoms with Crippen molar-refractivity contribution >= 4 is 19.9 Å². The predicted molar refractivity (Wildman–Crippen MR) is 51.0 cm³/mol. The maximum atomic E-state index is 11.0. The highest BCUT2D eigenvalue weighted by atomic mass is 31.1.